The lowest BCUT2D eigenvalue weighted by Gasteiger charge is -2.29. The monoisotopic (exact) mass is 264 g/mol. The maximum atomic E-state index is 12.1. The van der Waals surface area contributed by atoms with Crippen molar-refractivity contribution in [3.8, 4) is 5.75 Å². The Balaban J connectivity index is 1.85. The molecule has 1 amide bonds. The smallest absolute Gasteiger partial charge is 0.255 e. The van der Waals surface area contributed by atoms with Crippen molar-refractivity contribution in [1.82, 2.24) is 20.1 Å². The molecule has 6 heteroatoms. The first-order chi connectivity index (χ1) is 9.16. The summed E-state index contributed by atoms with van der Waals surface area (Å²) in [5, 5.41) is 12.6. The third kappa shape index (κ3) is 3.90. The molecule has 104 valence electrons. The number of rotatable bonds is 4. The van der Waals surface area contributed by atoms with Gasteiger partial charge >= 0.3 is 0 Å². The highest BCUT2D eigenvalue weighted by molar-refractivity contribution is 5.94. The molecule has 19 heavy (non-hydrogen) atoms. The molecule has 1 fully saturated rings. The molecule has 0 atom stereocenters. The van der Waals surface area contributed by atoms with Crippen molar-refractivity contribution in [3.05, 3.63) is 24.0 Å². The van der Waals surface area contributed by atoms with Crippen molar-refractivity contribution >= 4 is 5.91 Å². The third-order valence-electron chi connectivity index (χ3n) is 3.28. The van der Waals surface area contributed by atoms with E-state index in [1.165, 1.54) is 18.5 Å². The Bertz CT molecular complexity index is 432. The predicted molar refractivity (Wildman–Crippen MR) is 72.2 cm³/mol. The van der Waals surface area contributed by atoms with Gasteiger partial charge in [-0.3, -0.25) is 14.7 Å². The first kappa shape index (κ1) is 13.8. The quantitative estimate of drug-likeness (QED) is 0.786. The minimum absolute atomic E-state index is 0.0151. The van der Waals surface area contributed by atoms with Crippen molar-refractivity contribution < 1.29 is 9.90 Å². The van der Waals surface area contributed by atoms with Crippen LogP contribution in [0.4, 0.5) is 0 Å². The van der Waals surface area contributed by atoms with Crippen molar-refractivity contribution in [2.45, 2.75) is 0 Å². The molecule has 0 aliphatic carbocycles. The highest BCUT2D eigenvalue weighted by Crippen LogP contribution is 2.10. The van der Waals surface area contributed by atoms with E-state index < -0.39 is 0 Å². The summed E-state index contributed by atoms with van der Waals surface area (Å²) in [4.78, 5) is 19.9. The lowest BCUT2D eigenvalue weighted by atomic mass is 10.2. The van der Waals surface area contributed by atoms with E-state index in [0.717, 1.165) is 32.7 Å². The second-order valence-electron chi connectivity index (χ2n) is 4.75. The van der Waals surface area contributed by atoms with E-state index >= 15 is 0 Å². The van der Waals surface area contributed by atoms with Crippen LogP contribution in [0.2, 0.25) is 0 Å². The second kappa shape index (κ2) is 6.49. The molecule has 0 unspecified atom stereocenters. The van der Waals surface area contributed by atoms with E-state index in [9.17, 15) is 9.90 Å². The molecule has 2 N–H and O–H groups in total. The van der Waals surface area contributed by atoms with Crippen LogP contribution in [0, 0.1) is 0 Å². The van der Waals surface area contributed by atoms with Crippen molar-refractivity contribution in [2.24, 2.45) is 0 Å². The van der Waals surface area contributed by atoms with Gasteiger partial charge < -0.3 is 15.3 Å². The van der Waals surface area contributed by atoms with Crippen molar-refractivity contribution in [2.75, 3.05) is 46.3 Å². The van der Waals surface area contributed by atoms with Crippen LogP contribution < -0.4 is 5.32 Å². The van der Waals surface area contributed by atoms with Crippen LogP contribution in [0.1, 0.15) is 10.4 Å². The fourth-order valence-electron chi connectivity index (χ4n) is 2.09. The van der Waals surface area contributed by atoms with E-state index in [2.05, 4.69) is 15.2 Å². The number of piperazine rings is 1. The van der Waals surface area contributed by atoms with Gasteiger partial charge in [0.2, 0.25) is 0 Å². The molecule has 0 spiro atoms. The number of nitrogens with zero attached hydrogens (tertiary/aromatic N) is 3. The van der Waals surface area contributed by atoms with Crippen LogP contribution in [0.25, 0.3) is 0 Å². The first-order valence-corrected chi connectivity index (χ1v) is 6.49. The molecule has 1 aromatic heterocycles. The highest BCUT2D eigenvalue weighted by atomic mass is 16.3. The standard InChI is InChI=1S/C13H20N4O2/c1-16(6-7-17-4-2-14-3-5-17)13(19)11-8-12(18)10-15-9-11/h8-10,14,18H,2-7H2,1H3. The topological polar surface area (TPSA) is 68.7 Å². The lowest BCUT2D eigenvalue weighted by Crippen LogP contribution is -2.46. The molecule has 0 saturated carbocycles. The van der Waals surface area contributed by atoms with Gasteiger partial charge in [-0.25, -0.2) is 0 Å². The Morgan fingerprint density at radius 1 is 1.47 bits per heavy atom. The summed E-state index contributed by atoms with van der Waals surface area (Å²) in [6.07, 6.45) is 2.79. The summed E-state index contributed by atoms with van der Waals surface area (Å²) < 4.78 is 0. The van der Waals surface area contributed by atoms with Gasteiger partial charge in [0.1, 0.15) is 5.75 Å². The largest absolute Gasteiger partial charge is 0.506 e. The number of likely N-dealkylation sites (N-methyl/N-ethyl adjacent to an activating group) is 1. The second-order valence-corrected chi connectivity index (χ2v) is 4.75. The Labute approximate surface area is 113 Å². The molecular weight excluding hydrogens is 244 g/mol. The number of pyridine rings is 1. The number of amides is 1. The molecule has 1 aliphatic rings. The Morgan fingerprint density at radius 2 is 2.21 bits per heavy atom. The Kier molecular flexibility index (Phi) is 4.70. The molecule has 1 aliphatic heterocycles. The minimum Gasteiger partial charge on any atom is -0.506 e. The summed E-state index contributed by atoms with van der Waals surface area (Å²) in [6.45, 7) is 5.61. The van der Waals surface area contributed by atoms with E-state index in [1.807, 2.05) is 0 Å². The van der Waals surface area contributed by atoms with Gasteiger partial charge in [-0.2, -0.15) is 0 Å². The van der Waals surface area contributed by atoms with E-state index in [1.54, 1.807) is 11.9 Å². The fourth-order valence-corrected chi connectivity index (χ4v) is 2.09. The maximum absolute atomic E-state index is 12.1. The van der Waals surface area contributed by atoms with E-state index in [0.29, 0.717) is 12.1 Å². The fraction of sp³-hybridized carbons (Fsp3) is 0.538. The number of aromatic hydroxyl groups is 1. The van der Waals surface area contributed by atoms with Crippen LogP contribution in [0.3, 0.4) is 0 Å². The zero-order valence-electron chi connectivity index (χ0n) is 11.2. The average Bonchev–Trinajstić information content (AvgIpc) is 2.45. The van der Waals surface area contributed by atoms with Gasteiger partial charge in [0.05, 0.1) is 11.8 Å². The molecule has 0 bridgehead atoms. The van der Waals surface area contributed by atoms with Gasteiger partial charge in [-0.05, 0) is 6.07 Å². The van der Waals surface area contributed by atoms with Gasteiger partial charge in [-0.1, -0.05) is 0 Å². The number of carbonyl (C=O) groups is 1. The van der Waals surface area contributed by atoms with Crippen LogP contribution in [-0.4, -0.2) is 72.1 Å². The summed E-state index contributed by atoms with van der Waals surface area (Å²) in [5.41, 5.74) is 0.419. The van der Waals surface area contributed by atoms with Crippen LogP contribution >= 0.6 is 0 Å². The number of hydrogen-bond acceptors (Lipinski definition) is 5. The van der Waals surface area contributed by atoms with Gasteiger partial charge in [0.15, 0.2) is 0 Å². The van der Waals surface area contributed by atoms with E-state index in [-0.39, 0.29) is 11.7 Å². The summed E-state index contributed by atoms with van der Waals surface area (Å²) in [5.74, 6) is -0.0973. The number of aromatic nitrogens is 1. The predicted octanol–water partition coefficient (Wildman–Crippen LogP) is -0.236. The molecule has 2 heterocycles. The summed E-state index contributed by atoms with van der Waals surface area (Å²) >= 11 is 0. The number of nitrogens with one attached hydrogen (secondary N) is 1. The molecule has 0 aromatic carbocycles. The number of carbonyl (C=O) groups excluding carboxylic acids is 1. The molecule has 0 radical (unpaired) electrons. The Hall–Kier alpha value is -1.66. The highest BCUT2D eigenvalue weighted by Gasteiger charge is 2.15. The van der Waals surface area contributed by atoms with Gasteiger partial charge in [-0.15, -0.1) is 0 Å². The molecule has 1 aromatic rings. The first-order valence-electron chi connectivity index (χ1n) is 6.49. The molecule has 6 nitrogen and oxygen atoms in total. The van der Waals surface area contributed by atoms with Gasteiger partial charge in [0.25, 0.3) is 5.91 Å². The van der Waals surface area contributed by atoms with Crippen molar-refractivity contribution in [3.63, 3.8) is 0 Å². The van der Waals surface area contributed by atoms with Crippen molar-refractivity contribution in [1.29, 1.82) is 0 Å². The average molecular weight is 264 g/mol. The molecule has 1 saturated heterocycles. The minimum atomic E-state index is -0.112. The maximum Gasteiger partial charge on any atom is 0.255 e. The zero-order valence-corrected chi connectivity index (χ0v) is 11.2. The third-order valence-corrected chi connectivity index (χ3v) is 3.28. The normalized spacial score (nSPS) is 16.3. The lowest BCUT2D eigenvalue weighted by molar-refractivity contribution is 0.0774. The van der Waals surface area contributed by atoms with Gasteiger partial charge in [0, 0.05) is 52.5 Å². The Morgan fingerprint density at radius 3 is 2.89 bits per heavy atom. The van der Waals surface area contributed by atoms with E-state index in [4.69, 9.17) is 0 Å². The molecule has 2 rings (SSSR count). The van der Waals surface area contributed by atoms with Crippen LogP contribution in [0.15, 0.2) is 18.5 Å². The summed E-state index contributed by atoms with van der Waals surface area (Å²) in [7, 11) is 1.77. The van der Waals surface area contributed by atoms with Crippen LogP contribution in [0.5, 0.6) is 5.75 Å². The van der Waals surface area contributed by atoms with Crippen LogP contribution in [-0.2, 0) is 0 Å². The molecular formula is C13H20N4O2. The zero-order chi connectivity index (χ0) is 13.7. The summed E-state index contributed by atoms with van der Waals surface area (Å²) in [6, 6.07) is 1.44. The number of hydrogen-bond donors (Lipinski definition) is 2. The SMILES string of the molecule is CN(CCN1CCNCC1)C(=O)c1cncc(O)c1.